The van der Waals surface area contributed by atoms with Crippen molar-refractivity contribution in [2.24, 2.45) is 0 Å². The van der Waals surface area contributed by atoms with Gasteiger partial charge < -0.3 is 4.90 Å². The Labute approximate surface area is 104 Å². The number of aryl methyl sites for hydroxylation is 1. The molecule has 84 valence electrons. The van der Waals surface area contributed by atoms with Gasteiger partial charge in [-0.05, 0) is 37.1 Å². The zero-order valence-electron chi connectivity index (χ0n) is 9.29. The molecular formula is C13H14BrNO. The van der Waals surface area contributed by atoms with Crippen LogP contribution in [0.3, 0.4) is 0 Å². The summed E-state index contributed by atoms with van der Waals surface area (Å²) >= 11 is 3.46. The number of rotatable bonds is 2. The molecule has 1 aromatic carbocycles. The fourth-order valence-electron chi connectivity index (χ4n) is 1.97. The number of hydrogen-bond acceptors (Lipinski definition) is 1. The number of carbonyl (C=O) groups is 1. The van der Waals surface area contributed by atoms with E-state index in [1.165, 1.54) is 5.56 Å². The summed E-state index contributed by atoms with van der Waals surface area (Å²) in [7, 11) is 0. The van der Waals surface area contributed by atoms with Gasteiger partial charge in [-0.2, -0.15) is 0 Å². The van der Waals surface area contributed by atoms with Crippen LogP contribution in [0, 0.1) is 0 Å². The van der Waals surface area contributed by atoms with E-state index in [0.29, 0.717) is 13.0 Å². The van der Waals surface area contributed by atoms with Gasteiger partial charge in [0.25, 0.3) is 0 Å². The number of amides is 1. The summed E-state index contributed by atoms with van der Waals surface area (Å²) < 4.78 is 1.07. The second kappa shape index (κ2) is 4.42. The SMILES string of the molecule is C=C(C)CN1C(=O)CCc2cc(Br)ccc21. The smallest absolute Gasteiger partial charge is 0.227 e. The fraction of sp³-hybridized carbons (Fsp3) is 0.308. The second-order valence-electron chi connectivity index (χ2n) is 4.21. The van der Waals surface area contributed by atoms with E-state index in [4.69, 9.17) is 0 Å². The molecule has 2 nitrogen and oxygen atoms in total. The molecule has 0 spiro atoms. The lowest BCUT2D eigenvalue weighted by atomic mass is 10.0. The van der Waals surface area contributed by atoms with Gasteiger partial charge in [0.2, 0.25) is 5.91 Å². The molecule has 0 atom stereocenters. The predicted octanol–water partition coefficient (Wildman–Crippen LogP) is 3.30. The number of carbonyl (C=O) groups excluding carboxylic acids is 1. The first kappa shape index (κ1) is 11.4. The Kier molecular flexibility index (Phi) is 3.15. The molecule has 0 saturated carbocycles. The van der Waals surface area contributed by atoms with Crippen LogP contribution in [-0.2, 0) is 11.2 Å². The van der Waals surface area contributed by atoms with Crippen LogP contribution in [0.15, 0.2) is 34.8 Å². The van der Waals surface area contributed by atoms with Crippen LogP contribution in [0.1, 0.15) is 18.9 Å². The Bertz CT molecular complexity index is 453. The van der Waals surface area contributed by atoms with Crippen molar-refractivity contribution in [2.45, 2.75) is 19.8 Å². The van der Waals surface area contributed by atoms with Crippen molar-refractivity contribution < 1.29 is 4.79 Å². The van der Waals surface area contributed by atoms with Crippen molar-refractivity contribution in [3.63, 3.8) is 0 Å². The Balaban J connectivity index is 2.40. The summed E-state index contributed by atoms with van der Waals surface area (Å²) in [6, 6.07) is 6.06. The number of nitrogens with zero attached hydrogens (tertiary/aromatic N) is 1. The highest BCUT2D eigenvalue weighted by molar-refractivity contribution is 9.10. The van der Waals surface area contributed by atoms with Crippen LogP contribution < -0.4 is 4.90 Å². The highest BCUT2D eigenvalue weighted by atomic mass is 79.9. The minimum atomic E-state index is 0.192. The lowest BCUT2D eigenvalue weighted by Gasteiger charge is -2.29. The van der Waals surface area contributed by atoms with Gasteiger partial charge in [-0.1, -0.05) is 28.1 Å². The number of halogens is 1. The molecule has 0 saturated heterocycles. The second-order valence-corrected chi connectivity index (χ2v) is 5.13. The Morgan fingerprint density at radius 1 is 1.50 bits per heavy atom. The van der Waals surface area contributed by atoms with Gasteiger partial charge in [-0.15, -0.1) is 0 Å². The van der Waals surface area contributed by atoms with Crippen LogP contribution in [0.25, 0.3) is 0 Å². The molecule has 0 fully saturated rings. The molecule has 1 aliphatic rings. The van der Waals surface area contributed by atoms with Gasteiger partial charge in [0, 0.05) is 23.1 Å². The Morgan fingerprint density at radius 2 is 2.25 bits per heavy atom. The monoisotopic (exact) mass is 279 g/mol. The minimum absolute atomic E-state index is 0.192. The molecule has 0 bridgehead atoms. The molecule has 1 amide bonds. The summed E-state index contributed by atoms with van der Waals surface area (Å²) in [5, 5.41) is 0. The van der Waals surface area contributed by atoms with Gasteiger partial charge in [-0.3, -0.25) is 4.79 Å². The molecule has 1 aliphatic heterocycles. The van der Waals surface area contributed by atoms with Gasteiger partial charge in [0.15, 0.2) is 0 Å². The summed E-state index contributed by atoms with van der Waals surface area (Å²) in [6.45, 7) is 6.43. The Hall–Kier alpha value is -1.09. The molecule has 1 heterocycles. The van der Waals surface area contributed by atoms with Crippen molar-refractivity contribution in [1.82, 2.24) is 0 Å². The first-order valence-electron chi connectivity index (χ1n) is 5.31. The van der Waals surface area contributed by atoms with E-state index in [2.05, 4.69) is 28.6 Å². The van der Waals surface area contributed by atoms with E-state index >= 15 is 0 Å². The van der Waals surface area contributed by atoms with Gasteiger partial charge >= 0.3 is 0 Å². The molecule has 1 aromatic rings. The fourth-order valence-corrected chi connectivity index (χ4v) is 2.38. The first-order chi connectivity index (χ1) is 7.58. The number of hydrogen-bond donors (Lipinski definition) is 0. The molecule has 0 unspecified atom stereocenters. The van der Waals surface area contributed by atoms with Crippen molar-refractivity contribution in [3.8, 4) is 0 Å². The highest BCUT2D eigenvalue weighted by Gasteiger charge is 2.23. The molecule has 0 aliphatic carbocycles. The molecule has 0 radical (unpaired) electrons. The topological polar surface area (TPSA) is 20.3 Å². The van der Waals surface area contributed by atoms with Gasteiger partial charge in [0.05, 0.1) is 0 Å². The quantitative estimate of drug-likeness (QED) is 0.761. The molecule has 0 aromatic heterocycles. The highest BCUT2D eigenvalue weighted by Crippen LogP contribution is 2.30. The zero-order chi connectivity index (χ0) is 11.7. The maximum Gasteiger partial charge on any atom is 0.227 e. The van der Waals surface area contributed by atoms with Crippen molar-refractivity contribution in [1.29, 1.82) is 0 Å². The van der Waals surface area contributed by atoms with Crippen molar-refractivity contribution >= 4 is 27.5 Å². The average Bonchev–Trinajstić information content (AvgIpc) is 2.22. The van der Waals surface area contributed by atoms with E-state index in [9.17, 15) is 4.79 Å². The van der Waals surface area contributed by atoms with E-state index in [1.807, 2.05) is 24.0 Å². The van der Waals surface area contributed by atoms with E-state index in [0.717, 1.165) is 22.2 Å². The maximum atomic E-state index is 11.9. The van der Waals surface area contributed by atoms with E-state index in [1.54, 1.807) is 0 Å². The van der Waals surface area contributed by atoms with Crippen LogP contribution >= 0.6 is 15.9 Å². The van der Waals surface area contributed by atoms with Gasteiger partial charge in [0.1, 0.15) is 0 Å². The van der Waals surface area contributed by atoms with Crippen molar-refractivity contribution in [2.75, 3.05) is 11.4 Å². The standard InChI is InChI=1S/C13H14BrNO/c1-9(2)8-15-12-5-4-11(14)7-10(12)3-6-13(15)16/h4-5,7H,1,3,6,8H2,2H3. The molecule has 3 heteroatoms. The maximum absolute atomic E-state index is 11.9. The summed E-state index contributed by atoms with van der Waals surface area (Å²) in [6.07, 6.45) is 1.43. The normalized spacial score (nSPS) is 14.9. The summed E-state index contributed by atoms with van der Waals surface area (Å²) in [4.78, 5) is 13.7. The number of fused-ring (bicyclic) bond motifs is 1. The lowest BCUT2D eigenvalue weighted by Crippen LogP contribution is -2.36. The van der Waals surface area contributed by atoms with Crippen LogP contribution in [0.4, 0.5) is 5.69 Å². The Morgan fingerprint density at radius 3 is 2.94 bits per heavy atom. The van der Waals surface area contributed by atoms with Gasteiger partial charge in [-0.25, -0.2) is 0 Å². The number of anilines is 1. The summed E-state index contributed by atoms with van der Waals surface area (Å²) in [5.74, 6) is 0.192. The third-order valence-electron chi connectivity index (χ3n) is 2.67. The van der Waals surface area contributed by atoms with Crippen LogP contribution in [0.2, 0.25) is 0 Å². The summed E-state index contributed by atoms with van der Waals surface area (Å²) in [5.41, 5.74) is 3.27. The predicted molar refractivity (Wildman–Crippen MR) is 69.6 cm³/mol. The molecular weight excluding hydrogens is 266 g/mol. The third-order valence-corrected chi connectivity index (χ3v) is 3.16. The number of benzene rings is 1. The zero-order valence-corrected chi connectivity index (χ0v) is 10.9. The first-order valence-corrected chi connectivity index (χ1v) is 6.10. The minimum Gasteiger partial charge on any atom is -0.308 e. The van der Waals surface area contributed by atoms with Crippen LogP contribution in [0.5, 0.6) is 0 Å². The molecule has 16 heavy (non-hydrogen) atoms. The third kappa shape index (κ3) is 2.19. The lowest BCUT2D eigenvalue weighted by molar-refractivity contribution is -0.118. The molecule has 0 N–H and O–H groups in total. The van der Waals surface area contributed by atoms with E-state index in [-0.39, 0.29) is 5.91 Å². The molecule has 2 rings (SSSR count). The largest absolute Gasteiger partial charge is 0.308 e. The van der Waals surface area contributed by atoms with Crippen LogP contribution in [-0.4, -0.2) is 12.5 Å². The van der Waals surface area contributed by atoms with E-state index < -0.39 is 0 Å². The average molecular weight is 280 g/mol. The van der Waals surface area contributed by atoms with Crippen molar-refractivity contribution in [3.05, 3.63) is 40.4 Å².